The lowest BCUT2D eigenvalue weighted by atomic mass is 10.1. The van der Waals surface area contributed by atoms with E-state index in [1.807, 2.05) is 50.0 Å². The molecule has 3 rings (SSSR count). The van der Waals surface area contributed by atoms with Gasteiger partial charge in [-0.2, -0.15) is 5.10 Å². The van der Waals surface area contributed by atoms with Gasteiger partial charge in [-0.05, 0) is 63.3 Å². The number of hydrogen-bond donors (Lipinski definition) is 2. The smallest absolute Gasteiger partial charge is 0.191 e. The van der Waals surface area contributed by atoms with Gasteiger partial charge in [0.05, 0.1) is 11.4 Å². The number of halogens is 1. The Balaban J connectivity index is 0.00000385. The van der Waals surface area contributed by atoms with Crippen LogP contribution in [0.25, 0.3) is 5.69 Å². The molecule has 0 aliphatic heterocycles. The Morgan fingerprint density at radius 2 is 1.79 bits per heavy atom. The van der Waals surface area contributed by atoms with Gasteiger partial charge in [-0.25, -0.2) is 4.68 Å². The number of ether oxygens (including phenoxy) is 1. The summed E-state index contributed by atoms with van der Waals surface area (Å²) in [4.78, 5) is 6.47. The number of aryl methyl sites for hydroxylation is 2. The molecule has 0 atom stereocenters. The average molecular weight is 563 g/mol. The lowest BCUT2D eigenvalue weighted by Crippen LogP contribution is -2.36. The second-order valence-corrected chi connectivity index (χ2v) is 8.05. The first kappa shape index (κ1) is 26.7. The van der Waals surface area contributed by atoms with Crippen molar-refractivity contribution >= 4 is 29.9 Å². The SMILES string of the molecule is CN=C(NCc1cccc(OCCN(C)C)c1)NCc1ccccc1-n1nc(C)cc1C.I. The van der Waals surface area contributed by atoms with Crippen molar-refractivity contribution in [1.29, 1.82) is 0 Å². The number of aliphatic imine (C=N–C) groups is 1. The maximum absolute atomic E-state index is 5.84. The number of benzene rings is 2. The van der Waals surface area contributed by atoms with Gasteiger partial charge in [0.2, 0.25) is 0 Å². The Morgan fingerprint density at radius 1 is 1.03 bits per heavy atom. The van der Waals surface area contributed by atoms with Gasteiger partial charge in [0.1, 0.15) is 12.4 Å². The molecule has 0 saturated carbocycles. The summed E-state index contributed by atoms with van der Waals surface area (Å²) in [5.41, 5.74) is 5.49. The molecule has 0 fully saturated rings. The lowest BCUT2D eigenvalue weighted by molar-refractivity contribution is 0.261. The van der Waals surface area contributed by atoms with E-state index in [1.165, 1.54) is 0 Å². The quantitative estimate of drug-likeness (QED) is 0.235. The number of guanidine groups is 1. The molecule has 0 bridgehead atoms. The number of nitrogens with one attached hydrogen (secondary N) is 2. The zero-order chi connectivity index (χ0) is 22.9. The Labute approximate surface area is 214 Å². The van der Waals surface area contributed by atoms with Crippen molar-refractivity contribution in [1.82, 2.24) is 25.3 Å². The first-order valence-corrected chi connectivity index (χ1v) is 10.9. The van der Waals surface area contributed by atoms with Gasteiger partial charge in [-0.1, -0.05) is 30.3 Å². The van der Waals surface area contributed by atoms with E-state index in [9.17, 15) is 0 Å². The van der Waals surface area contributed by atoms with Crippen molar-refractivity contribution in [3.63, 3.8) is 0 Å². The fourth-order valence-electron chi connectivity index (χ4n) is 3.42. The van der Waals surface area contributed by atoms with E-state index in [0.29, 0.717) is 19.7 Å². The fourth-order valence-corrected chi connectivity index (χ4v) is 3.42. The van der Waals surface area contributed by atoms with Crippen LogP contribution in [0.4, 0.5) is 0 Å². The van der Waals surface area contributed by atoms with E-state index in [4.69, 9.17) is 4.74 Å². The van der Waals surface area contributed by atoms with Gasteiger partial charge in [0.25, 0.3) is 0 Å². The Hall–Kier alpha value is -2.59. The van der Waals surface area contributed by atoms with Crippen molar-refractivity contribution in [2.45, 2.75) is 26.9 Å². The Kier molecular flexibility index (Phi) is 10.7. The molecule has 1 aromatic heterocycles. The average Bonchev–Trinajstić information content (AvgIpc) is 3.12. The third-order valence-corrected chi connectivity index (χ3v) is 5.06. The second-order valence-electron chi connectivity index (χ2n) is 8.05. The summed E-state index contributed by atoms with van der Waals surface area (Å²) in [5.74, 6) is 1.63. The predicted octanol–water partition coefficient (Wildman–Crippen LogP) is 3.91. The normalized spacial score (nSPS) is 11.3. The molecule has 0 aliphatic rings. The second kappa shape index (κ2) is 13.2. The molecule has 0 amide bonds. The van der Waals surface area contributed by atoms with Crippen molar-refractivity contribution < 1.29 is 4.74 Å². The van der Waals surface area contributed by atoms with E-state index in [1.54, 1.807) is 7.05 Å². The minimum atomic E-state index is 0. The van der Waals surface area contributed by atoms with Gasteiger partial charge in [-0.15, -0.1) is 24.0 Å². The number of hydrogen-bond acceptors (Lipinski definition) is 4. The van der Waals surface area contributed by atoms with Gasteiger partial charge in [0, 0.05) is 32.4 Å². The summed E-state index contributed by atoms with van der Waals surface area (Å²) in [6, 6.07) is 18.5. The zero-order valence-corrected chi connectivity index (χ0v) is 22.5. The minimum absolute atomic E-state index is 0. The highest BCUT2D eigenvalue weighted by atomic mass is 127. The highest BCUT2D eigenvalue weighted by molar-refractivity contribution is 14.0. The highest BCUT2D eigenvalue weighted by Gasteiger charge is 2.09. The molecule has 7 nitrogen and oxygen atoms in total. The molecule has 0 saturated heterocycles. The standard InChI is InChI=1S/C25H34N6O.HI/c1-19-15-20(2)31(29-19)24-12-7-6-10-22(24)18-28-25(26-3)27-17-21-9-8-11-23(16-21)32-14-13-30(4)5;/h6-12,15-16H,13-14,17-18H2,1-5H3,(H2,26,27,28);1H. The van der Waals surface area contributed by atoms with Gasteiger partial charge >= 0.3 is 0 Å². The summed E-state index contributed by atoms with van der Waals surface area (Å²) in [6.07, 6.45) is 0. The minimum Gasteiger partial charge on any atom is -0.492 e. The van der Waals surface area contributed by atoms with Crippen molar-refractivity contribution in [3.05, 3.63) is 77.1 Å². The number of likely N-dealkylation sites (N-methyl/N-ethyl adjacent to an activating group) is 1. The fraction of sp³-hybridized carbons (Fsp3) is 0.360. The van der Waals surface area contributed by atoms with Crippen LogP contribution in [0.1, 0.15) is 22.5 Å². The molecule has 178 valence electrons. The maximum atomic E-state index is 5.84. The van der Waals surface area contributed by atoms with Crippen LogP contribution in [0.3, 0.4) is 0 Å². The van der Waals surface area contributed by atoms with Gasteiger partial charge < -0.3 is 20.3 Å². The third-order valence-electron chi connectivity index (χ3n) is 5.06. The zero-order valence-electron chi connectivity index (χ0n) is 20.1. The molecule has 8 heteroatoms. The van der Waals surface area contributed by atoms with Crippen LogP contribution in [0.5, 0.6) is 5.75 Å². The third kappa shape index (κ3) is 8.04. The van der Waals surface area contributed by atoms with Gasteiger partial charge in [-0.3, -0.25) is 4.99 Å². The molecular formula is C25H35IN6O. The molecule has 0 radical (unpaired) electrons. The van der Waals surface area contributed by atoms with Crippen LogP contribution in [0.15, 0.2) is 59.6 Å². The van der Waals surface area contributed by atoms with Crippen molar-refractivity contribution in [3.8, 4) is 11.4 Å². The predicted molar refractivity (Wildman–Crippen MR) is 146 cm³/mol. The van der Waals surface area contributed by atoms with E-state index < -0.39 is 0 Å². The van der Waals surface area contributed by atoms with E-state index in [0.717, 1.165) is 46.5 Å². The lowest BCUT2D eigenvalue weighted by Gasteiger charge is -2.15. The number of nitrogens with zero attached hydrogens (tertiary/aromatic N) is 4. The Morgan fingerprint density at radius 3 is 2.48 bits per heavy atom. The summed E-state index contributed by atoms with van der Waals surface area (Å²) in [6.45, 7) is 6.94. The van der Waals surface area contributed by atoms with E-state index >= 15 is 0 Å². The molecule has 2 aromatic carbocycles. The molecule has 3 aromatic rings. The van der Waals surface area contributed by atoms with Crippen molar-refractivity contribution in [2.24, 2.45) is 4.99 Å². The molecule has 0 aliphatic carbocycles. The van der Waals surface area contributed by atoms with E-state index in [-0.39, 0.29) is 24.0 Å². The largest absolute Gasteiger partial charge is 0.492 e. The Bertz CT molecular complexity index is 1050. The number of aromatic nitrogens is 2. The molecular weight excluding hydrogens is 527 g/mol. The summed E-state index contributed by atoms with van der Waals surface area (Å²) in [7, 11) is 5.86. The van der Waals surface area contributed by atoms with Crippen LogP contribution < -0.4 is 15.4 Å². The van der Waals surface area contributed by atoms with Crippen LogP contribution in [-0.2, 0) is 13.1 Å². The summed E-state index contributed by atoms with van der Waals surface area (Å²) >= 11 is 0. The summed E-state index contributed by atoms with van der Waals surface area (Å²) in [5, 5.41) is 11.4. The van der Waals surface area contributed by atoms with Crippen LogP contribution in [0, 0.1) is 13.8 Å². The molecule has 0 unspecified atom stereocenters. The molecule has 0 spiro atoms. The van der Waals surface area contributed by atoms with Gasteiger partial charge in [0.15, 0.2) is 5.96 Å². The van der Waals surface area contributed by atoms with Crippen molar-refractivity contribution in [2.75, 3.05) is 34.3 Å². The molecule has 2 N–H and O–H groups in total. The van der Waals surface area contributed by atoms with Crippen LogP contribution in [-0.4, -0.2) is 54.9 Å². The summed E-state index contributed by atoms with van der Waals surface area (Å²) < 4.78 is 7.83. The first-order chi connectivity index (χ1) is 15.5. The monoisotopic (exact) mass is 562 g/mol. The molecule has 33 heavy (non-hydrogen) atoms. The first-order valence-electron chi connectivity index (χ1n) is 10.9. The van der Waals surface area contributed by atoms with Crippen LogP contribution >= 0.6 is 24.0 Å². The topological polar surface area (TPSA) is 66.7 Å². The van der Waals surface area contributed by atoms with Crippen LogP contribution in [0.2, 0.25) is 0 Å². The number of rotatable bonds is 9. The molecule has 1 heterocycles. The maximum Gasteiger partial charge on any atom is 0.191 e. The highest BCUT2D eigenvalue weighted by Crippen LogP contribution is 2.17. The number of para-hydroxylation sites is 1. The van der Waals surface area contributed by atoms with E-state index in [2.05, 4.69) is 62.9 Å².